The molecule has 0 bridgehead atoms. The first kappa shape index (κ1) is 20.4. The third-order valence-electron chi connectivity index (χ3n) is 5.56. The van der Waals surface area contributed by atoms with Gasteiger partial charge in [0.05, 0.1) is 0 Å². The van der Waals surface area contributed by atoms with Crippen LogP contribution in [0.3, 0.4) is 0 Å². The van der Waals surface area contributed by atoms with Crippen LogP contribution >= 0.6 is 39.7 Å². The minimum absolute atomic E-state index is 0.0511. The van der Waals surface area contributed by atoms with E-state index in [1.54, 1.807) is 0 Å². The van der Waals surface area contributed by atoms with E-state index >= 15 is 0 Å². The van der Waals surface area contributed by atoms with Gasteiger partial charge in [0.15, 0.2) is 0 Å². The Kier molecular flexibility index (Phi) is 5.95. The second kappa shape index (κ2) is 8.46. The fourth-order valence-electron chi connectivity index (χ4n) is 3.92. The highest BCUT2D eigenvalue weighted by molar-refractivity contribution is 9.10. The van der Waals surface area contributed by atoms with E-state index in [0.29, 0.717) is 6.54 Å². The van der Waals surface area contributed by atoms with Crippen LogP contribution in [0.25, 0.3) is 10.9 Å². The Morgan fingerprint density at radius 1 is 1.21 bits per heavy atom. The Hall–Kier alpha value is -1.89. The van der Waals surface area contributed by atoms with Gasteiger partial charge < -0.3 is 15.2 Å². The van der Waals surface area contributed by atoms with Crippen molar-refractivity contribution in [1.29, 1.82) is 0 Å². The van der Waals surface area contributed by atoms with E-state index in [0.717, 1.165) is 62.4 Å². The number of aromatic nitrogens is 1. The van der Waals surface area contributed by atoms with Crippen molar-refractivity contribution in [3.05, 3.63) is 69.3 Å². The van der Waals surface area contributed by atoms with E-state index in [4.69, 9.17) is 29.6 Å². The third-order valence-corrected chi connectivity index (χ3v) is 6.90. The zero-order valence-corrected chi connectivity index (χ0v) is 18.9. The molecule has 0 unspecified atom stereocenters. The lowest BCUT2D eigenvalue weighted by molar-refractivity contribution is -0.122. The summed E-state index contributed by atoms with van der Waals surface area (Å²) in [6, 6.07) is 14.1. The van der Waals surface area contributed by atoms with Crippen LogP contribution in [-0.4, -0.2) is 33.5 Å². The van der Waals surface area contributed by atoms with Crippen molar-refractivity contribution >= 4 is 61.5 Å². The molecular weight excluding hydrogens is 470 g/mol. The lowest BCUT2D eigenvalue weighted by Gasteiger charge is -2.32. The number of rotatable bonds is 4. The van der Waals surface area contributed by atoms with E-state index in [-0.39, 0.29) is 11.8 Å². The van der Waals surface area contributed by atoms with Crippen LogP contribution < -0.4 is 5.73 Å². The Balaban J connectivity index is 1.67. The molecule has 2 aromatic carbocycles. The van der Waals surface area contributed by atoms with Crippen molar-refractivity contribution in [3.63, 3.8) is 0 Å². The molecule has 1 fully saturated rings. The summed E-state index contributed by atoms with van der Waals surface area (Å²) in [4.78, 5) is 14.5. The molecule has 1 amide bonds. The SMILES string of the molecule is NC(=O)C1CCN(C(=S)c2cn(Cc3ccccc3Cl)c3ccc(Br)cc23)CC1. The second-order valence-corrected chi connectivity index (χ2v) is 9.10. The number of piperidine rings is 1. The number of nitrogens with two attached hydrogens (primary N) is 1. The normalized spacial score (nSPS) is 15.0. The Labute approximate surface area is 188 Å². The second-order valence-electron chi connectivity index (χ2n) is 7.39. The zero-order valence-electron chi connectivity index (χ0n) is 15.8. The topological polar surface area (TPSA) is 51.3 Å². The largest absolute Gasteiger partial charge is 0.369 e. The van der Waals surface area contributed by atoms with Gasteiger partial charge in [0.2, 0.25) is 5.91 Å². The first-order valence-electron chi connectivity index (χ1n) is 9.54. The van der Waals surface area contributed by atoms with Crippen LogP contribution in [0.4, 0.5) is 0 Å². The van der Waals surface area contributed by atoms with E-state index in [1.165, 1.54) is 0 Å². The summed E-state index contributed by atoms with van der Waals surface area (Å²) in [7, 11) is 0. The summed E-state index contributed by atoms with van der Waals surface area (Å²) in [5.74, 6) is -0.263. The highest BCUT2D eigenvalue weighted by atomic mass is 79.9. The van der Waals surface area contributed by atoms with Gasteiger partial charge in [0.25, 0.3) is 0 Å². The van der Waals surface area contributed by atoms with Gasteiger partial charge in [-0.3, -0.25) is 4.79 Å². The van der Waals surface area contributed by atoms with E-state index in [9.17, 15) is 4.79 Å². The number of amides is 1. The van der Waals surface area contributed by atoms with Crippen molar-refractivity contribution in [3.8, 4) is 0 Å². The maximum atomic E-state index is 11.5. The van der Waals surface area contributed by atoms with Crippen LogP contribution in [0.5, 0.6) is 0 Å². The van der Waals surface area contributed by atoms with Gasteiger partial charge >= 0.3 is 0 Å². The van der Waals surface area contributed by atoms with Crippen LogP contribution in [0, 0.1) is 5.92 Å². The molecule has 3 aromatic rings. The standard InChI is InChI=1S/C22H21BrClN3OS/c23-16-5-6-20-17(11-16)18(13-27(20)12-15-3-1-2-4-19(15)24)22(29)26-9-7-14(8-10-26)21(25)28/h1-6,11,13-14H,7-10,12H2,(H2,25,28). The third kappa shape index (κ3) is 4.20. The van der Waals surface area contributed by atoms with Gasteiger partial charge in [-0.2, -0.15) is 0 Å². The number of fused-ring (bicyclic) bond motifs is 1. The molecular formula is C22H21BrClN3OS. The van der Waals surface area contributed by atoms with Gasteiger partial charge in [0, 0.05) is 57.7 Å². The number of primary amides is 1. The van der Waals surface area contributed by atoms with Crippen molar-refractivity contribution in [2.45, 2.75) is 19.4 Å². The number of thiocarbonyl (C=S) groups is 1. The summed E-state index contributed by atoms with van der Waals surface area (Å²) < 4.78 is 3.21. The van der Waals surface area contributed by atoms with Crippen molar-refractivity contribution in [1.82, 2.24) is 9.47 Å². The molecule has 1 aromatic heterocycles. The number of nitrogens with zero attached hydrogens (tertiary/aromatic N) is 2. The highest BCUT2D eigenvalue weighted by Gasteiger charge is 2.26. The number of carbonyl (C=O) groups is 1. The molecule has 150 valence electrons. The molecule has 2 heterocycles. The number of hydrogen-bond acceptors (Lipinski definition) is 2. The maximum absolute atomic E-state index is 11.5. The lowest BCUT2D eigenvalue weighted by atomic mass is 9.96. The zero-order chi connectivity index (χ0) is 20.5. The molecule has 1 saturated heterocycles. The molecule has 1 aliphatic heterocycles. The molecule has 4 nitrogen and oxygen atoms in total. The average Bonchev–Trinajstić information content (AvgIpc) is 3.06. The number of carbonyl (C=O) groups excluding carboxylic acids is 1. The average molecular weight is 491 g/mol. The Bertz CT molecular complexity index is 1090. The predicted molar refractivity (Wildman–Crippen MR) is 125 cm³/mol. The van der Waals surface area contributed by atoms with Gasteiger partial charge in [-0.1, -0.05) is 57.9 Å². The fraction of sp³-hybridized carbons (Fsp3) is 0.273. The maximum Gasteiger partial charge on any atom is 0.220 e. The first-order valence-corrected chi connectivity index (χ1v) is 11.1. The molecule has 0 saturated carbocycles. The smallest absolute Gasteiger partial charge is 0.220 e. The molecule has 0 spiro atoms. The molecule has 0 atom stereocenters. The van der Waals surface area contributed by atoms with Gasteiger partial charge in [0.1, 0.15) is 4.99 Å². The highest BCUT2D eigenvalue weighted by Crippen LogP contribution is 2.29. The Morgan fingerprint density at radius 3 is 2.62 bits per heavy atom. The minimum atomic E-state index is -0.212. The van der Waals surface area contributed by atoms with Crippen LogP contribution in [0.2, 0.25) is 5.02 Å². The molecule has 0 aliphatic carbocycles. The van der Waals surface area contributed by atoms with Crippen molar-refractivity contribution < 1.29 is 4.79 Å². The number of benzene rings is 2. The molecule has 29 heavy (non-hydrogen) atoms. The van der Waals surface area contributed by atoms with E-state index in [1.807, 2.05) is 30.3 Å². The number of halogens is 2. The summed E-state index contributed by atoms with van der Waals surface area (Å²) >= 11 is 15.8. The van der Waals surface area contributed by atoms with E-state index < -0.39 is 0 Å². The van der Waals surface area contributed by atoms with Crippen LogP contribution in [0.15, 0.2) is 53.1 Å². The number of hydrogen-bond donors (Lipinski definition) is 1. The molecule has 2 N–H and O–H groups in total. The fourth-order valence-corrected chi connectivity index (χ4v) is 4.82. The van der Waals surface area contributed by atoms with Crippen molar-refractivity contribution in [2.75, 3.05) is 13.1 Å². The summed E-state index contributed by atoms with van der Waals surface area (Å²) in [6.45, 7) is 2.17. The van der Waals surface area contributed by atoms with Crippen molar-refractivity contribution in [2.24, 2.45) is 11.7 Å². The van der Waals surface area contributed by atoms with Gasteiger partial charge in [-0.05, 0) is 42.7 Å². The van der Waals surface area contributed by atoms with Gasteiger partial charge in [-0.15, -0.1) is 0 Å². The lowest BCUT2D eigenvalue weighted by Crippen LogP contribution is -2.41. The molecule has 7 heteroatoms. The van der Waals surface area contributed by atoms with Gasteiger partial charge in [-0.25, -0.2) is 0 Å². The van der Waals surface area contributed by atoms with E-state index in [2.05, 4.69) is 43.7 Å². The first-order chi connectivity index (χ1) is 13.9. The predicted octanol–water partition coefficient (Wildman–Crippen LogP) is 4.98. The number of likely N-dealkylation sites (tertiary alicyclic amines) is 1. The monoisotopic (exact) mass is 489 g/mol. The van der Waals surface area contributed by atoms with Crippen LogP contribution in [-0.2, 0) is 11.3 Å². The summed E-state index contributed by atoms with van der Waals surface area (Å²) in [6.07, 6.45) is 3.61. The quantitative estimate of drug-likeness (QED) is 0.525. The molecule has 0 radical (unpaired) electrons. The van der Waals surface area contributed by atoms with Crippen LogP contribution in [0.1, 0.15) is 24.0 Å². The summed E-state index contributed by atoms with van der Waals surface area (Å²) in [5.41, 5.74) is 8.67. The molecule has 1 aliphatic rings. The Morgan fingerprint density at radius 2 is 1.93 bits per heavy atom. The minimum Gasteiger partial charge on any atom is -0.369 e. The summed E-state index contributed by atoms with van der Waals surface area (Å²) in [5, 5.41) is 1.86. The molecule has 4 rings (SSSR count).